The van der Waals surface area contributed by atoms with E-state index in [1.54, 1.807) is 21.8 Å². The molecule has 1 aromatic carbocycles. The number of aryl methyl sites for hydroxylation is 1. The van der Waals surface area contributed by atoms with Gasteiger partial charge < -0.3 is 20.3 Å². The molecule has 5 heterocycles. The number of fused-ring (bicyclic) bond motifs is 2. The second-order valence-electron chi connectivity index (χ2n) is 8.90. The number of carbonyl (C=O) groups is 1. The molecule has 1 amide bonds. The predicted molar refractivity (Wildman–Crippen MR) is 141 cm³/mol. The monoisotopic (exact) mass is 508 g/mol. The number of anilines is 3. The molecule has 38 heavy (non-hydrogen) atoms. The minimum Gasteiger partial charge on any atom is -0.457 e. The van der Waals surface area contributed by atoms with E-state index in [1.807, 2.05) is 37.3 Å². The summed E-state index contributed by atoms with van der Waals surface area (Å²) < 4.78 is 7.75. The number of pyridine rings is 1. The third-order valence-corrected chi connectivity index (χ3v) is 6.30. The molecular weight excluding hydrogens is 484 g/mol. The van der Waals surface area contributed by atoms with Crippen LogP contribution in [-0.2, 0) is 4.79 Å². The van der Waals surface area contributed by atoms with Crippen molar-refractivity contribution in [1.29, 1.82) is 0 Å². The van der Waals surface area contributed by atoms with Gasteiger partial charge in [-0.1, -0.05) is 6.58 Å². The van der Waals surface area contributed by atoms with Gasteiger partial charge in [-0.05, 0) is 49.2 Å². The van der Waals surface area contributed by atoms with Crippen molar-refractivity contribution in [2.24, 2.45) is 0 Å². The summed E-state index contributed by atoms with van der Waals surface area (Å²) in [5, 5.41) is 10.8. The van der Waals surface area contributed by atoms with Gasteiger partial charge in [-0.15, -0.1) is 0 Å². The fraction of sp³-hybridized carbons (Fsp3) is 0.192. The van der Waals surface area contributed by atoms with E-state index < -0.39 is 0 Å². The van der Waals surface area contributed by atoms with Crippen molar-refractivity contribution in [3.8, 4) is 11.5 Å². The van der Waals surface area contributed by atoms with Crippen LogP contribution in [0, 0.1) is 6.92 Å². The SMILES string of the molecule is C=CC(=O)N1CC[C@H](Nc2ncc3ncnc(Nc4ccc(Oc5ccn6ncnc6c5)c(C)c4)c3n2)C1. The molecule has 1 aliphatic heterocycles. The highest BCUT2D eigenvalue weighted by atomic mass is 16.5. The molecule has 1 fully saturated rings. The first kappa shape index (κ1) is 23.3. The van der Waals surface area contributed by atoms with Gasteiger partial charge in [0.25, 0.3) is 0 Å². The summed E-state index contributed by atoms with van der Waals surface area (Å²) in [7, 11) is 0. The second kappa shape index (κ2) is 9.73. The summed E-state index contributed by atoms with van der Waals surface area (Å²) in [4.78, 5) is 35.6. The van der Waals surface area contributed by atoms with Crippen LogP contribution in [0.3, 0.4) is 0 Å². The Balaban J connectivity index is 1.19. The van der Waals surface area contributed by atoms with E-state index in [2.05, 4.69) is 47.2 Å². The van der Waals surface area contributed by atoms with Gasteiger partial charge in [-0.2, -0.15) is 5.10 Å². The number of nitrogens with zero attached hydrogens (tertiary/aromatic N) is 8. The lowest BCUT2D eigenvalue weighted by Gasteiger charge is -2.15. The van der Waals surface area contributed by atoms with E-state index in [4.69, 9.17) is 4.74 Å². The lowest BCUT2D eigenvalue weighted by atomic mass is 10.2. The molecule has 12 heteroatoms. The largest absolute Gasteiger partial charge is 0.457 e. The molecule has 5 aromatic rings. The number of rotatable bonds is 7. The number of ether oxygens (including phenoxy) is 1. The minimum atomic E-state index is -0.0725. The molecule has 4 aromatic heterocycles. The number of amides is 1. The normalized spacial score (nSPS) is 15.1. The fourth-order valence-corrected chi connectivity index (χ4v) is 4.37. The van der Waals surface area contributed by atoms with E-state index in [0.717, 1.165) is 23.4 Å². The van der Waals surface area contributed by atoms with Crippen molar-refractivity contribution >= 4 is 40.0 Å². The number of benzene rings is 1. The number of nitrogens with one attached hydrogen (secondary N) is 2. The summed E-state index contributed by atoms with van der Waals surface area (Å²) in [5.74, 6) is 2.34. The van der Waals surface area contributed by atoms with Crippen LogP contribution in [0.25, 0.3) is 16.7 Å². The van der Waals surface area contributed by atoms with Crippen molar-refractivity contribution < 1.29 is 9.53 Å². The molecule has 0 saturated carbocycles. The van der Waals surface area contributed by atoms with Gasteiger partial charge >= 0.3 is 0 Å². The summed E-state index contributed by atoms with van der Waals surface area (Å²) in [5.41, 5.74) is 3.67. The number of likely N-dealkylation sites (tertiary alicyclic amines) is 1. The topological polar surface area (TPSA) is 135 Å². The lowest BCUT2D eigenvalue weighted by Crippen LogP contribution is -2.30. The molecule has 0 aliphatic carbocycles. The van der Waals surface area contributed by atoms with E-state index >= 15 is 0 Å². The standard InChI is InChI=1S/C26H24N10O2/c1-3-23(37)35-8-6-18(13-35)33-26-27-12-20-24(34-26)25(30-14-28-20)32-17-4-5-21(16(2)10-17)38-19-7-9-36-22(11-19)29-15-31-36/h3-5,7,9-12,14-15,18H,1,6,8,13H2,2H3,(H,27,33,34)(H,28,30,32)/t18-/m0/s1. The first-order valence-corrected chi connectivity index (χ1v) is 12.1. The van der Waals surface area contributed by atoms with Gasteiger partial charge in [-0.25, -0.2) is 29.4 Å². The number of carbonyl (C=O) groups excluding carboxylic acids is 1. The van der Waals surface area contributed by atoms with Crippen molar-refractivity contribution in [3.05, 3.63) is 73.6 Å². The molecular formula is C26H24N10O2. The van der Waals surface area contributed by atoms with Gasteiger partial charge in [0.05, 0.1) is 6.20 Å². The Morgan fingerprint density at radius 1 is 1.16 bits per heavy atom. The zero-order chi connectivity index (χ0) is 26.1. The summed E-state index contributed by atoms with van der Waals surface area (Å²) in [6, 6.07) is 9.51. The van der Waals surface area contributed by atoms with Crippen LogP contribution in [-0.4, -0.2) is 64.5 Å². The zero-order valence-electron chi connectivity index (χ0n) is 20.6. The lowest BCUT2D eigenvalue weighted by molar-refractivity contribution is -0.125. The quantitative estimate of drug-likeness (QED) is 0.314. The third-order valence-electron chi connectivity index (χ3n) is 6.30. The van der Waals surface area contributed by atoms with Crippen molar-refractivity contribution in [3.63, 3.8) is 0 Å². The Kier molecular flexibility index (Phi) is 5.96. The van der Waals surface area contributed by atoms with Crippen molar-refractivity contribution in [1.82, 2.24) is 39.4 Å². The molecule has 1 saturated heterocycles. The van der Waals surface area contributed by atoms with Crippen LogP contribution >= 0.6 is 0 Å². The Morgan fingerprint density at radius 3 is 2.95 bits per heavy atom. The second-order valence-corrected chi connectivity index (χ2v) is 8.90. The van der Waals surface area contributed by atoms with Crippen LogP contribution in [0.4, 0.5) is 17.5 Å². The zero-order valence-corrected chi connectivity index (χ0v) is 20.6. The molecule has 12 nitrogen and oxygen atoms in total. The smallest absolute Gasteiger partial charge is 0.246 e. The Bertz CT molecular complexity index is 1670. The van der Waals surface area contributed by atoms with Crippen LogP contribution in [0.2, 0.25) is 0 Å². The van der Waals surface area contributed by atoms with Crippen molar-refractivity contribution in [2.45, 2.75) is 19.4 Å². The van der Waals surface area contributed by atoms with E-state index in [-0.39, 0.29) is 11.9 Å². The highest BCUT2D eigenvalue weighted by Crippen LogP contribution is 2.30. The highest BCUT2D eigenvalue weighted by molar-refractivity contribution is 5.88. The first-order valence-electron chi connectivity index (χ1n) is 12.1. The van der Waals surface area contributed by atoms with Crippen LogP contribution in [0.1, 0.15) is 12.0 Å². The van der Waals surface area contributed by atoms with Crippen LogP contribution in [0.5, 0.6) is 11.5 Å². The van der Waals surface area contributed by atoms with Gasteiger partial charge in [0.1, 0.15) is 35.2 Å². The Hall–Kier alpha value is -5.13. The van der Waals surface area contributed by atoms with Gasteiger partial charge in [0, 0.05) is 37.1 Å². The fourth-order valence-electron chi connectivity index (χ4n) is 4.37. The third kappa shape index (κ3) is 4.66. The molecule has 6 rings (SSSR count). The number of hydrogen-bond donors (Lipinski definition) is 2. The predicted octanol–water partition coefficient (Wildman–Crippen LogP) is 3.51. The molecule has 0 radical (unpaired) electrons. The average Bonchev–Trinajstić information content (AvgIpc) is 3.59. The van der Waals surface area contributed by atoms with Crippen LogP contribution < -0.4 is 15.4 Å². The van der Waals surface area contributed by atoms with E-state index in [1.165, 1.54) is 18.7 Å². The maximum atomic E-state index is 11.9. The average molecular weight is 509 g/mol. The maximum absolute atomic E-state index is 11.9. The number of aromatic nitrogens is 7. The maximum Gasteiger partial charge on any atom is 0.246 e. The molecule has 2 N–H and O–H groups in total. The number of hydrogen-bond acceptors (Lipinski definition) is 10. The van der Waals surface area contributed by atoms with Gasteiger partial charge in [0.2, 0.25) is 11.9 Å². The minimum absolute atomic E-state index is 0.0537. The van der Waals surface area contributed by atoms with E-state index in [9.17, 15) is 4.79 Å². The summed E-state index contributed by atoms with van der Waals surface area (Å²) in [6.45, 7) is 6.77. The molecule has 1 atom stereocenters. The molecule has 0 spiro atoms. The van der Waals surface area contributed by atoms with Crippen molar-refractivity contribution in [2.75, 3.05) is 23.7 Å². The first-order chi connectivity index (χ1) is 18.6. The summed E-state index contributed by atoms with van der Waals surface area (Å²) in [6.07, 6.45) is 8.58. The molecule has 0 bridgehead atoms. The van der Waals surface area contributed by atoms with Crippen LogP contribution in [0.15, 0.2) is 68.0 Å². The highest BCUT2D eigenvalue weighted by Gasteiger charge is 2.25. The molecule has 1 aliphatic rings. The van der Waals surface area contributed by atoms with E-state index in [0.29, 0.717) is 47.3 Å². The Labute approximate surface area is 217 Å². The van der Waals surface area contributed by atoms with Gasteiger partial charge in [0.15, 0.2) is 11.5 Å². The molecule has 190 valence electrons. The Morgan fingerprint density at radius 2 is 2.08 bits per heavy atom. The summed E-state index contributed by atoms with van der Waals surface area (Å²) >= 11 is 0. The van der Waals surface area contributed by atoms with Gasteiger partial charge in [-0.3, -0.25) is 4.79 Å². The molecule has 0 unspecified atom stereocenters.